The summed E-state index contributed by atoms with van der Waals surface area (Å²) >= 11 is 1.60. The number of aromatic nitrogens is 2. The molecule has 1 atom stereocenters. The molecule has 0 bridgehead atoms. The van der Waals surface area contributed by atoms with Crippen molar-refractivity contribution in [3.8, 4) is 22.4 Å². The standard InChI is InChI=1S/C45H33N3S.C16H20NSi.Ir/c1-27-24-36-32-16-9-10-19-37(32)45(2,3)38(36)26-40(27)48-39-23-20-29-14-7-8-15-31(29)41(39)47-43(48)35-18-11-17-33-34-22-21-30(46-44(34)49-42(33)35)25-28-12-5-4-6-13-28;1-12-6-8-14(9-7-12)15-10-13(2)16(11-17-15)18(3,4)5;/h4-17,19-24,26,43H,25H2,1-3H3;6-8,10-11H,1-5H3;/q-2;-1;+3/i25D2;1D3,2D3;. The van der Waals surface area contributed by atoms with Gasteiger partial charge in [-0.25, -0.2) is 4.98 Å². The first-order chi connectivity index (χ1) is 35.5. The number of hydrogen-bond donors (Lipinski definition) is 0. The maximum atomic E-state index is 8.98. The number of pyridine rings is 2. The van der Waals surface area contributed by atoms with Crippen molar-refractivity contribution in [3.63, 3.8) is 0 Å². The molecule has 7 aromatic carbocycles. The van der Waals surface area contributed by atoms with Crippen molar-refractivity contribution in [2.75, 3.05) is 4.90 Å². The van der Waals surface area contributed by atoms with Crippen LogP contribution in [0.5, 0.6) is 0 Å². The number of thiophene rings is 1. The Kier molecular flexibility index (Phi) is 9.57. The van der Waals surface area contributed by atoms with Gasteiger partial charge in [-0.05, 0) is 105 Å². The van der Waals surface area contributed by atoms with E-state index in [4.69, 9.17) is 21.3 Å². The quantitative estimate of drug-likeness (QED) is 0.123. The number of nitrogens with zero attached hydrogens (tertiary/aromatic N) is 4. The molecule has 7 heteroatoms. The first-order valence-electron chi connectivity index (χ1n) is 26.6. The topological polar surface area (TPSA) is 43.1 Å². The largest absolute Gasteiger partial charge is 3.00 e. The first kappa shape index (κ1) is 36.8. The van der Waals surface area contributed by atoms with Gasteiger partial charge in [0.05, 0.1) is 8.07 Å². The summed E-state index contributed by atoms with van der Waals surface area (Å²) in [4.78, 5) is 12.6. The van der Waals surface area contributed by atoms with E-state index in [1.165, 1.54) is 39.9 Å². The average Bonchev–Trinajstić information content (AvgIpc) is 4.04. The predicted octanol–water partition coefficient (Wildman–Crippen LogP) is 16.2. The zero-order chi connectivity index (χ0) is 53.0. The van der Waals surface area contributed by atoms with E-state index in [-0.39, 0.29) is 37.2 Å². The van der Waals surface area contributed by atoms with E-state index >= 15 is 0 Å². The van der Waals surface area contributed by atoms with E-state index in [2.05, 4.69) is 141 Å². The Morgan fingerprint density at radius 1 is 0.765 bits per heavy atom. The van der Waals surface area contributed by atoms with Gasteiger partial charge in [-0.3, -0.25) is 0 Å². The van der Waals surface area contributed by atoms with Crippen molar-refractivity contribution < 1.29 is 31.1 Å². The summed E-state index contributed by atoms with van der Waals surface area (Å²) in [7, 11) is -1.85. The third-order valence-corrected chi connectivity index (χ3v) is 16.4. The Balaban J connectivity index is 0.000000223. The van der Waals surface area contributed by atoms with Gasteiger partial charge in [0.1, 0.15) is 4.83 Å². The first-order valence-corrected chi connectivity index (χ1v) is 26.9. The van der Waals surface area contributed by atoms with E-state index in [0.717, 1.165) is 58.9 Å². The van der Waals surface area contributed by atoms with Gasteiger partial charge in [0, 0.05) is 46.0 Å². The van der Waals surface area contributed by atoms with E-state index in [1.807, 2.05) is 48.5 Å². The maximum Gasteiger partial charge on any atom is 3.00 e. The fourth-order valence-electron chi connectivity index (χ4n) is 9.80. The van der Waals surface area contributed by atoms with E-state index < -0.39 is 28.2 Å². The Bertz CT molecular complexity index is 3870. The van der Waals surface area contributed by atoms with Crippen LogP contribution in [0, 0.1) is 32.8 Å². The molecule has 4 nitrogen and oxygen atoms in total. The zero-order valence-corrected chi connectivity index (χ0v) is 42.8. The molecule has 2 aliphatic rings. The molecule has 1 aliphatic heterocycles. The molecule has 0 spiro atoms. The van der Waals surface area contributed by atoms with Gasteiger partial charge in [0.2, 0.25) is 0 Å². The van der Waals surface area contributed by atoms with Crippen molar-refractivity contribution in [1.29, 1.82) is 0 Å². The van der Waals surface area contributed by atoms with E-state index in [1.54, 1.807) is 29.7 Å². The smallest absolute Gasteiger partial charge is 0.661 e. The van der Waals surface area contributed by atoms with Crippen LogP contribution in [-0.4, -0.2) is 18.0 Å². The van der Waals surface area contributed by atoms with Gasteiger partial charge in [-0.1, -0.05) is 148 Å². The Morgan fingerprint density at radius 3 is 2.37 bits per heavy atom. The van der Waals surface area contributed by atoms with Gasteiger partial charge in [0.25, 0.3) is 0 Å². The van der Waals surface area contributed by atoms with Crippen LogP contribution >= 0.6 is 11.3 Å². The van der Waals surface area contributed by atoms with Gasteiger partial charge in [-0.15, -0.1) is 52.0 Å². The van der Waals surface area contributed by atoms with Gasteiger partial charge in [0.15, 0.2) is 0 Å². The molecule has 0 fully saturated rings. The van der Waals surface area contributed by atoms with Crippen molar-refractivity contribution >= 4 is 72.7 Å². The molecule has 0 amide bonds. The zero-order valence-electron chi connectivity index (χ0n) is 46.6. The predicted molar refractivity (Wildman–Crippen MR) is 287 cm³/mol. The number of anilines is 2. The monoisotopic (exact) mass is 1100 g/mol. The molecule has 1 unspecified atom stereocenters. The molecule has 0 radical (unpaired) electrons. The summed E-state index contributed by atoms with van der Waals surface area (Å²) in [5.41, 5.74) is 13.1. The second-order valence-electron chi connectivity index (χ2n) is 19.0. The summed E-state index contributed by atoms with van der Waals surface area (Å²) in [5.74, 6) is 0. The molecule has 68 heavy (non-hydrogen) atoms. The Morgan fingerprint density at radius 2 is 1.57 bits per heavy atom. The van der Waals surface area contributed by atoms with Crippen LogP contribution in [0.1, 0.15) is 75.6 Å². The molecular weight excluding hydrogens is 1040 g/mol. The maximum absolute atomic E-state index is 8.98. The van der Waals surface area contributed by atoms with Crippen molar-refractivity contribution in [2.45, 2.75) is 72.1 Å². The molecule has 0 saturated carbocycles. The number of benzene rings is 7. The van der Waals surface area contributed by atoms with E-state index in [0.29, 0.717) is 28.1 Å². The number of hydrogen-bond acceptors (Lipinski definition) is 4. The summed E-state index contributed by atoms with van der Waals surface area (Å²) < 4.78 is 64.6. The molecule has 0 saturated heterocycles. The third kappa shape index (κ3) is 7.99. The van der Waals surface area contributed by atoms with Crippen LogP contribution in [0.15, 0.2) is 158 Å². The second kappa shape index (κ2) is 17.7. The van der Waals surface area contributed by atoms with Gasteiger partial charge in [-0.2, -0.15) is 29.5 Å². The van der Waals surface area contributed by atoms with E-state index in [9.17, 15) is 0 Å². The molecule has 12 rings (SSSR count). The SMILES string of the molecule is [2H]C([2H])([2H])c1c[c-]c(-c2cc(C([2H])([2H])[2H])c([Si](C)(C)C)cn2)cc1.[2H]C([2H])(c1ccccc1)c1ccc2c(n1)sc1c(C3[N-]c4c(ccc5ccccc45)N3c3cc4c(cc3C)-c3ccccc3C4(C)C)[c-]ccc12.[Ir+3]. The van der Waals surface area contributed by atoms with Crippen LogP contribution < -0.4 is 10.1 Å². The van der Waals surface area contributed by atoms with Crippen molar-refractivity contribution in [2.24, 2.45) is 0 Å². The molecule has 3 aromatic heterocycles. The summed E-state index contributed by atoms with van der Waals surface area (Å²) in [6.45, 7) is 8.71. The molecule has 10 aromatic rings. The van der Waals surface area contributed by atoms with Crippen LogP contribution in [0.25, 0.3) is 58.8 Å². The van der Waals surface area contributed by atoms with Crippen LogP contribution in [0.2, 0.25) is 19.6 Å². The minimum atomic E-state index is -2.22. The molecule has 336 valence electrons. The minimum Gasteiger partial charge on any atom is -0.661 e. The van der Waals surface area contributed by atoms with Crippen LogP contribution in [0.4, 0.5) is 17.1 Å². The Labute approximate surface area is 430 Å². The third-order valence-electron chi connectivity index (χ3n) is 13.2. The number of aryl methyl sites for hydroxylation is 3. The molecular formula is C61H53IrN4SSi. The van der Waals surface area contributed by atoms with Gasteiger partial charge < -0.3 is 15.2 Å². The number of fused-ring (bicyclic) bond motifs is 9. The molecule has 4 heterocycles. The van der Waals surface area contributed by atoms with Crippen LogP contribution in [-0.2, 0) is 31.9 Å². The van der Waals surface area contributed by atoms with Gasteiger partial charge >= 0.3 is 20.1 Å². The normalized spacial score (nSPS) is 16.8. The summed E-state index contributed by atoms with van der Waals surface area (Å²) in [5, 5.41) is 10.8. The summed E-state index contributed by atoms with van der Waals surface area (Å²) in [6, 6.07) is 56.4. The van der Waals surface area contributed by atoms with Crippen molar-refractivity contribution in [3.05, 3.63) is 220 Å². The Hall–Kier alpha value is -6.21. The molecule has 1 aliphatic carbocycles. The van der Waals surface area contributed by atoms with Crippen molar-refractivity contribution in [1.82, 2.24) is 9.97 Å². The fourth-order valence-corrected chi connectivity index (χ4v) is 12.3. The molecule has 0 N–H and O–H groups in total. The average molecular weight is 1100 g/mol. The van der Waals surface area contributed by atoms with Crippen LogP contribution in [0.3, 0.4) is 0 Å². The summed E-state index contributed by atoms with van der Waals surface area (Å²) in [6.07, 6.45) is -0.435. The second-order valence-corrected chi connectivity index (χ2v) is 25.1. The number of rotatable bonds is 6. The fraction of sp³-hybridized carbons (Fsp3) is 0.180. The minimum absolute atomic E-state index is 0.